The monoisotopic (exact) mass is 316 g/mol. The van der Waals surface area contributed by atoms with Gasteiger partial charge >= 0.3 is 0 Å². The first-order valence-corrected chi connectivity index (χ1v) is 7.34. The van der Waals surface area contributed by atoms with Gasteiger partial charge in [-0.15, -0.1) is 3.94 Å². The zero-order chi connectivity index (χ0) is 14.0. The minimum absolute atomic E-state index is 0.0226. The van der Waals surface area contributed by atoms with E-state index in [1.807, 2.05) is 0 Å². The van der Waals surface area contributed by atoms with Gasteiger partial charge in [0.15, 0.2) is 0 Å². The van der Waals surface area contributed by atoms with Crippen LogP contribution in [-0.4, -0.2) is 43.0 Å². The summed E-state index contributed by atoms with van der Waals surface area (Å²) < 4.78 is 32.4. The Morgan fingerprint density at radius 2 is 2.11 bits per heavy atom. The fourth-order valence-corrected chi connectivity index (χ4v) is 1.78. The van der Waals surface area contributed by atoms with E-state index < -0.39 is 21.4 Å². The zero-order valence-corrected chi connectivity index (χ0v) is 12.2. The molecule has 0 aliphatic carbocycles. The number of aromatic nitrogens is 3. The molecule has 0 fully saturated rings. The highest BCUT2D eigenvalue weighted by molar-refractivity contribution is 7.85. The first-order chi connectivity index (χ1) is 8.12. The predicted octanol–water partition coefficient (Wildman–Crippen LogP) is 1.10. The molecule has 0 aromatic carbocycles. The molecule has 1 aromatic rings. The Balaban J connectivity index is 2.77. The van der Waals surface area contributed by atoms with Gasteiger partial charge in [-0.2, -0.15) is 13.5 Å². The Morgan fingerprint density at radius 3 is 2.61 bits per heavy atom. The van der Waals surface area contributed by atoms with Crippen molar-refractivity contribution in [1.29, 1.82) is 0 Å². The maximum atomic E-state index is 10.7. The van der Waals surface area contributed by atoms with Crippen LogP contribution in [0.3, 0.4) is 0 Å². The van der Waals surface area contributed by atoms with Gasteiger partial charge in [-0.3, -0.25) is 4.55 Å². The molecule has 0 unspecified atom stereocenters. The van der Waals surface area contributed by atoms with Crippen LogP contribution in [0.1, 0.15) is 19.7 Å². The van der Waals surface area contributed by atoms with E-state index in [1.165, 1.54) is 11.0 Å². The van der Waals surface area contributed by atoms with E-state index in [0.717, 1.165) is 3.94 Å². The molecule has 1 heterocycles. The van der Waals surface area contributed by atoms with Crippen LogP contribution in [0.25, 0.3) is 0 Å². The number of hydrogen-bond acceptors (Lipinski definition) is 5. The second-order valence-electron chi connectivity index (χ2n) is 4.41. The molecule has 10 heteroatoms. The molecule has 0 atom stereocenters. The van der Waals surface area contributed by atoms with Gasteiger partial charge in [-0.25, -0.2) is 9.67 Å². The maximum Gasteiger partial charge on any atom is 0.266 e. The molecule has 0 aliphatic heterocycles. The summed E-state index contributed by atoms with van der Waals surface area (Å²) in [6, 6.07) is 0. The van der Waals surface area contributed by atoms with E-state index in [0.29, 0.717) is 12.2 Å². The Hall–Kier alpha value is -0.410. The van der Waals surface area contributed by atoms with Crippen LogP contribution in [0.2, 0.25) is 0 Å². The molecule has 1 aromatic heterocycles. The highest BCUT2D eigenvalue weighted by atomic mass is 35.5. The van der Waals surface area contributed by atoms with Crippen LogP contribution in [0.5, 0.6) is 0 Å². The summed E-state index contributed by atoms with van der Waals surface area (Å²) in [5.41, 5.74) is -0.577. The minimum Gasteiger partial charge on any atom is -0.285 e. The van der Waals surface area contributed by atoms with Crippen molar-refractivity contribution in [3.05, 3.63) is 12.2 Å². The molecule has 0 radical (unpaired) electrons. The summed E-state index contributed by atoms with van der Waals surface area (Å²) in [5.74, 6) is 0.116. The number of halogens is 2. The van der Waals surface area contributed by atoms with E-state index in [4.69, 9.17) is 28.1 Å². The quantitative estimate of drug-likeness (QED) is 0.624. The van der Waals surface area contributed by atoms with Crippen LogP contribution < -0.4 is 0 Å². The number of hydrogen-bond donors (Lipinski definition) is 1. The molecule has 0 saturated carbocycles. The second kappa shape index (κ2) is 5.70. The van der Waals surface area contributed by atoms with E-state index in [1.54, 1.807) is 13.8 Å². The zero-order valence-electron chi connectivity index (χ0n) is 9.92. The van der Waals surface area contributed by atoms with Crippen LogP contribution >= 0.6 is 23.6 Å². The minimum atomic E-state index is -4.03. The summed E-state index contributed by atoms with van der Waals surface area (Å²) in [4.78, 5) is 4.02. The lowest BCUT2D eigenvalue weighted by Crippen LogP contribution is -2.35. The van der Waals surface area contributed by atoms with E-state index in [9.17, 15) is 8.42 Å². The average molecular weight is 317 g/mol. The Morgan fingerprint density at radius 1 is 1.50 bits per heavy atom. The largest absolute Gasteiger partial charge is 0.285 e. The number of nitrogens with zero attached hydrogens (tertiary/aromatic N) is 4. The lowest BCUT2D eigenvalue weighted by atomic mass is 10.0. The molecule has 0 saturated heterocycles. The first kappa shape index (κ1) is 15.6. The fraction of sp³-hybridized carbons (Fsp3) is 0.750. The van der Waals surface area contributed by atoms with Gasteiger partial charge in [0.1, 0.15) is 12.2 Å². The van der Waals surface area contributed by atoms with Crippen molar-refractivity contribution >= 4 is 33.7 Å². The van der Waals surface area contributed by atoms with Crippen LogP contribution in [0.15, 0.2) is 6.33 Å². The molecule has 0 bridgehead atoms. The summed E-state index contributed by atoms with van der Waals surface area (Å²) in [6.45, 7) is 3.62. The normalized spacial score (nSPS) is 13.2. The Kier molecular flexibility index (Phi) is 4.96. The third kappa shape index (κ3) is 4.69. The predicted molar refractivity (Wildman–Crippen MR) is 67.8 cm³/mol. The smallest absolute Gasteiger partial charge is 0.266 e. The molecule has 1 N–H and O–H groups in total. The van der Waals surface area contributed by atoms with Gasteiger partial charge in [0.25, 0.3) is 10.1 Å². The second-order valence-corrected chi connectivity index (χ2v) is 6.83. The summed E-state index contributed by atoms with van der Waals surface area (Å²) in [6.07, 6.45) is 1.69. The molecule has 0 aliphatic rings. The molecule has 104 valence electrons. The van der Waals surface area contributed by atoms with E-state index >= 15 is 0 Å². The lowest BCUT2D eigenvalue weighted by Gasteiger charge is -2.26. The van der Waals surface area contributed by atoms with Gasteiger partial charge in [0, 0.05) is 6.42 Å². The van der Waals surface area contributed by atoms with Crippen LogP contribution in [0.4, 0.5) is 0 Å². The van der Waals surface area contributed by atoms with E-state index in [2.05, 4.69) is 10.1 Å². The summed E-state index contributed by atoms with van der Waals surface area (Å²) in [5, 5.41) is 3.89. The molecular weight excluding hydrogens is 303 g/mol. The molecule has 18 heavy (non-hydrogen) atoms. The van der Waals surface area contributed by atoms with Crippen molar-refractivity contribution in [2.24, 2.45) is 0 Å². The number of aryl methyl sites for hydroxylation is 1. The third-order valence-electron chi connectivity index (χ3n) is 2.31. The molecule has 7 nitrogen and oxygen atoms in total. The van der Waals surface area contributed by atoms with Gasteiger partial charge in [0.05, 0.1) is 17.8 Å². The SMILES string of the molecule is CC(C)(Cc1ncnn1CCS(=O)(=O)O)N(Cl)Cl. The average Bonchev–Trinajstić information content (AvgIpc) is 2.60. The van der Waals surface area contributed by atoms with Gasteiger partial charge < -0.3 is 0 Å². The number of rotatable bonds is 6. The highest BCUT2D eigenvalue weighted by Crippen LogP contribution is 2.23. The summed E-state index contributed by atoms with van der Waals surface area (Å²) >= 11 is 11.4. The lowest BCUT2D eigenvalue weighted by molar-refractivity contribution is 0.336. The van der Waals surface area contributed by atoms with Crippen molar-refractivity contribution in [1.82, 2.24) is 18.7 Å². The van der Waals surface area contributed by atoms with Crippen LogP contribution in [-0.2, 0) is 23.1 Å². The van der Waals surface area contributed by atoms with Crippen LogP contribution in [0, 0.1) is 0 Å². The highest BCUT2D eigenvalue weighted by Gasteiger charge is 2.27. The van der Waals surface area contributed by atoms with Crippen molar-refractivity contribution in [3.63, 3.8) is 0 Å². The third-order valence-corrected chi connectivity index (χ3v) is 3.92. The van der Waals surface area contributed by atoms with Crippen molar-refractivity contribution in [3.8, 4) is 0 Å². The molecule has 0 spiro atoms. The van der Waals surface area contributed by atoms with Crippen molar-refractivity contribution < 1.29 is 13.0 Å². The molecular formula is C8H14Cl2N4O3S. The molecule has 0 amide bonds. The van der Waals surface area contributed by atoms with E-state index in [-0.39, 0.29) is 6.54 Å². The Labute approximate surface area is 116 Å². The van der Waals surface area contributed by atoms with Crippen molar-refractivity contribution in [2.75, 3.05) is 5.75 Å². The van der Waals surface area contributed by atoms with Gasteiger partial charge in [-0.1, -0.05) is 0 Å². The van der Waals surface area contributed by atoms with Gasteiger partial charge in [-0.05, 0) is 37.4 Å². The fourth-order valence-electron chi connectivity index (χ4n) is 1.26. The standard InChI is InChI=1S/C8H14Cl2N4O3S/c1-8(2,14(9)10)5-7-11-6-12-13(7)3-4-18(15,16)17/h6H,3-5H2,1-2H3,(H,15,16,17). The first-order valence-electron chi connectivity index (χ1n) is 5.05. The topological polar surface area (TPSA) is 88.3 Å². The molecule has 1 rings (SSSR count). The Bertz CT molecular complexity index is 500. The van der Waals surface area contributed by atoms with Gasteiger partial charge in [0.2, 0.25) is 0 Å². The summed E-state index contributed by atoms with van der Waals surface area (Å²) in [7, 11) is -4.03. The maximum absolute atomic E-state index is 10.7. The van der Waals surface area contributed by atoms with Crippen molar-refractivity contribution in [2.45, 2.75) is 32.4 Å².